The molecule has 1 heterocycles. The van der Waals surface area contributed by atoms with Crippen LogP contribution in [0.1, 0.15) is 27.8 Å². The molecule has 6 rings (SSSR count). The topological polar surface area (TPSA) is 9.23 Å². The van der Waals surface area contributed by atoms with Crippen molar-refractivity contribution in [3.8, 4) is 22.6 Å². The first-order chi connectivity index (χ1) is 13.3. The predicted octanol–water partition coefficient (Wildman–Crippen LogP) is 6.46. The molecule has 0 atom stereocenters. The Bertz CT molecular complexity index is 1170. The van der Waals surface area contributed by atoms with E-state index in [4.69, 9.17) is 4.74 Å². The van der Waals surface area contributed by atoms with Crippen LogP contribution in [-0.2, 0) is 5.41 Å². The molecule has 0 amide bonds. The van der Waals surface area contributed by atoms with Gasteiger partial charge in [0.2, 0.25) is 0 Å². The van der Waals surface area contributed by atoms with E-state index in [2.05, 4.69) is 97.9 Å². The minimum atomic E-state index is -0.331. The van der Waals surface area contributed by atoms with Gasteiger partial charge in [0.15, 0.2) is 0 Å². The minimum absolute atomic E-state index is 0.331. The van der Waals surface area contributed by atoms with Crippen molar-refractivity contribution >= 4 is 0 Å². The van der Waals surface area contributed by atoms with Gasteiger partial charge in [-0.05, 0) is 46.9 Å². The lowest BCUT2D eigenvalue weighted by Crippen LogP contribution is -2.33. The first kappa shape index (κ1) is 14.8. The van der Waals surface area contributed by atoms with E-state index in [1.165, 1.54) is 38.9 Å². The number of fused-ring (bicyclic) bond motifs is 9. The third-order valence-corrected chi connectivity index (χ3v) is 6.07. The van der Waals surface area contributed by atoms with Crippen molar-refractivity contribution in [2.75, 3.05) is 0 Å². The number of benzene rings is 4. The Morgan fingerprint density at radius 1 is 0.556 bits per heavy atom. The Balaban J connectivity index is 1.88. The van der Waals surface area contributed by atoms with Crippen molar-refractivity contribution < 1.29 is 4.74 Å². The SMILES string of the molecule is Cc1cccc2c1C1(c3ccccc3O2)c2ccccc2-c2ccccc21. The van der Waals surface area contributed by atoms with Crippen LogP contribution in [0.4, 0.5) is 0 Å². The Morgan fingerprint density at radius 3 is 1.81 bits per heavy atom. The van der Waals surface area contributed by atoms with Gasteiger partial charge in [-0.25, -0.2) is 0 Å². The van der Waals surface area contributed by atoms with Gasteiger partial charge in [0.1, 0.15) is 11.5 Å². The third-order valence-electron chi connectivity index (χ3n) is 6.07. The lowest BCUT2D eigenvalue weighted by molar-refractivity contribution is 0.435. The summed E-state index contributed by atoms with van der Waals surface area (Å²) in [7, 11) is 0. The van der Waals surface area contributed by atoms with Gasteiger partial charge in [-0.1, -0.05) is 78.9 Å². The van der Waals surface area contributed by atoms with Gasteiger partial charge in [0.25, 0.3) is 0 Å². The van der Waals surface area contributed by atoms with Crippen LogP contribution in [-0.4, -0.2) is 0 Å². The highest BCUT2D eigenvalue weighted by molar-refractivity contribution is 5.88. The summed E-state index contributed by atoms with van der Waals surface area (Å²) >= 11 is 0. The highest BCUT2D eigenvalue weighted by atomic mass is 16.5. The molecule has 1 nitrogen and oxygen atoms in total. The van der Waals surface area contributed by atoms with Crippen LogP contribution in [0, 0.1) is 6.92 Å². The standard InChI is InChI=1S/C26H18O/c1-17-9-8-16-24-25(17)26(22-14-6-7-15-23(22)27-24)20-12-4-2-10-18(20)19-11-3-5-13-21(19)26/h2-16H,1H3. The largest absolute Gasteiger partial charge is 0.457 e. The normalized spacial score (nSPS) is 14.7. The summed E-state index contributed by atoms with van der Waals surface area (Å²) in [6, 6.07) is 32.5. The predicted molar refractivity (Wildman–Crippen MR) is 109 cm³/mol. The number of rotatable bonds is 0. The lowest BCUT2D eigenvalue weighted by Gasteiger charge is -2.40. The van der Waals surface area contributed by atoms with Crippen LogP contribution >= 0.6 is 0 Å². The van der Waals surface area contributed by atoms with E-state index in [0.29, 0.717) is 0 Å². The average molecular weight is 346 g/mol. The van der Waals surface area contributed by atoms with E-state index in [0.717, 1.165) is 11.5 Å². The number of hydrogen-bond acceptors (Lipinski definition) is 1. The van der Waals surface area contributed by atoms with Crippen LogP contribution in [0.15, 0.2) is 91.0 Å². The smallest absolute Gasteiger partial charge is 0.132 e. The molecule has 0 aromatic heterocycles. The summed E-state index contributed by atoms with van der Waals surface area (Å²) in [4.78, 5) is 0. The van der Waals surface area contributed by atoms with E-state index in [9.17, 15) is 0 Å². The maximum absolute atomic E-state index is 6.38. The zero-order valence-electron chi connectivity index (χ0n) is 15.1. The van der Waals surface area contributed by atoms with E-state index in [-0.39, 0.29) is 5.41 Å². The molecule has 27 heavy (non-hydrogen) atoms. The van der Waals surface area contributed by atoms with Crippen molar-refractivity contribution in [3.05, 3.63) is 119 Å². The van der Waals surface area contributed by atoms with Crippen LogP contribution < -0.4 is 4.74 Å². The number of para-hydroxylation sites is 1. The zero-order chi connectivity index (χ0) is 18.0. The van der Waals surface area contributed by atoms with E-state index in [1.807, 2.05) is 0 Å². The Morgan fingerprint density at radius 2 is 1.11 bits per heavy atom. The third kappa shape index (κ3) is 1.69. The molecule has 1 spiro atoms. The van der Waals surface area contributed by atoms with Crippen LogP contribution in [0.5, 0.6) is 11.5 Å². The summed E-state index contributed by atoms with van der Waals surface area (Å²) in [6.45, 7) is 2.20. The molecule has 1 aliphatic carbocycles. The molecular weight excluding hydrogens is 328 g/mol. The molecule has 2 aliphatic rings. The van der Waals surface area contributed by atoms with Crippen molar-refractivity contribution in [1.29, 1.82) is 0 Å². The van der Waals surface area contributed by atoms with Crippen LogP contribution in [0.2, 0.25) is 0 Å². The molecule has 0 saturated heterocycles. The molecule has 0 fully saturated rings. The number of hydrogen-bond donors (Lipinski definition) is 0. The van der Waals surface area contributed by atoms with Crippen molar-refractivity contribution in [2.24, 2.45) is 0 Å². The zero-order valence-corrected chi connectivity index (χ0v) is 15.1. The molecule has 4 aromatic carbocycles. The second-order valence-electron chi connectivity index (χ2n) is 7.39. The van der Waals surface area contributed by atoms with E-state index in [1.54, 1.807) is 0 Å². The fourth-order valence-electron chi connectivity index (χ4n) is 5.12. The maximum atomic E-state index is 6.38. The summed E-state index contributed by atoms with van der Waals surface area (Å²) in [5.41, 5.74) is 8.75. The highest BCUT2D eigenvalue weighted by Crippen LogP contribution is 2.62. The Labute approximate surface area is 158 Å². The summed E-state index contributed by atoms with van der Waals surface area (Å²) < 4.78 is 6.38. The van der Waals surface area contributed by atoms with Crippen molar-refractivity contribution in [2.45, 2.75) is 12.3 Å². The second kappa shape index (κ2) is 5.11. The monoisotopic (exact) mass is 346 g/mol. The summed E-state index contributed by atoms with van der Waals surface area (Å²) in [6.07, 6.45) is 0. The molecule has 1 heteroatoms. The quantitative estimate of drug-likeness (QED) is 0.306. The van der Waals surface area contributed by atoms with E-state index >= 15 is 0 Å². The molecule has 0 radical (unpaired) electrons. The van der Waals surface area contributed by atoms with Gasteiger partial charge in [-0.3, -0.25) is 0 Å². The summed E-state index contributed by atoms with van der Waals surface area (Å²) in [5.74, 6) is 1.90. The van der Waals surface area contributed by atoms with Crippen LogP contribution in [0.25, 0.3) is 11.1 Å². The first-order valence-corrected chi connectivity index (χ1v) is 9.38. The fourth-order valence-corrected chi connectivity index (χ4v) is 5.12. The minimum Gasteiger partial charge on any atom is -0.457 e. The molecule has 1 aliphatic heterocycles. The molecule has 0 N–H and O–H groups in total. The van der Waals surface area contributed by atoms with Gasteiger partial charge >= 0.3 is 0 Å². The second-order valence-corrected chi connectivity index (χ2v) is 7.39. The molecule has 128 valence electrons. The molecule has 0 saturated carbocycles. The number of ether oxygens (including phenoxy) is 1. The van der Waals surface area contributed by atoms with Gasteiger partial charge in [-0.15, -0.1) is 0 Å². The van der Waals surface area contributed by atoms with E-state index < -0.39 is 0 Å². The molecular formula is C26H18O. The summed E-state index contributed by atoms with van der Waals surface area (Å²) in [5, 5.41) is 0. The highest BCUT2D eigenvalue weighted by Gasteiger charge is 2.51. The number of aryl methyl sites for hydroxylation is 1. The van der Waals surface area contributed by atoms with Gasteiger partial charge in [0.05, 0.1) is 5.41 Å². The van der Waals surface area contributed by atoms with Crippen molar-refractivity contribution in [1.82, 2.24) is 0 Å². The maximum Gasteiger partial charge on any atom is 0.132 e. The molecule has 0 unspecified atom stereocenters. The van der Waals surface area contributed by atoms with Crippen LogP contribution in [0.3, 0.4) is 0 Å². The fraction of sp³-hybridized carbons (Fsp3) is 0.0769. The molecule has 0 bridgehead atoms. The van der Waals surface area contributed by atoms with Gasteiger partial charge < -0.3 is 4.74 Å². The lowest BCUT2D eigenvalue weighted by atomic mass is 9.65. The first-order valence-electron chi connectivity index (χ1n) is 9.38. The molecule has 4 aromatic rings. The van der Waals surface area contributed by atoms with Crippen molar-refractivity contribution in [3.63, 3.8) is 0 Å². The van der Waals surface area contributed by atoms with Gasteiger partial charge in [0, 0.05) is 11.1 Å². The Kier molecular flexibility index (Phi) is 2.80. The average Bonchev–Trinajstić information content (AvgIpc) is 3.00. The van der Waals surface area contributed by atoms with Gasteiger partial charge in [-0.2, -0.15) is 0 Å². The Hall–Kier alpha value is -3.32.